The van der Waals surface area contributed by atoms with Gasteiger partial charge in [0, 0.05) is 22.5 Å². The molecular formula is C21H16N2O. The molecule has 0 unspecified atom stereocenters. The van der Waals surface area contributed by atoms with Crippen molar-refractivity contribution >= 4 is 21.9 Å². The lowest BCUT2D eigenvalue weighted by Gasteiger charge is -2.05. The van der Waals surface area contributed by atoms with E-state index in [9.17, 15) is 5.26 Å². The molecule has 3 nitrogen and oxygen atoms in total. The van der Waals surface area contributed by atoms with Gasteiger partial charge in [0.1, 0.15) is 11.7 Å². The van der Waals surface area contributed by atoms with Crippen LogP contribution in [0.5, 0.6) is 0 Å². The van der Waals surface area contributed by atoms with E-state index in [0.29, 0.717) is 17.1 Å². The fraction of sp³-hybridized carbons (Fsp3) is 0.143. The molecule has 0 bridgehead atoms. The van der Waals surface area contributed by atoms with E-state index in [2.05, 4.69) is 37.0 Å². The topological polar surface area (TPSA) is 49.8 Å². The SMILES string of the molecule is CC(C)c1cccc2c1oc1c(C#N)ccc(-c3ccccn3)c12. The fourth-order valence-corrected chi connectivity index (χ4v) is 3.20. The van der Waals surface area contributed by atoms with Crippen molar-refractivity contribution in [1.29, 1.82) is 5.26 Å². The summed E-state index contributed by atoms with van der Waals surface area (Å²) >= 11 is 0. The van der Waals surface area contributed by atoms with E-state index in [4.69, 9.17) is 4.42 Å². The maximum Gasteiger partial charge on any atom is 0.153 e. The van der Waals surface area contributed by atoms with Crippen LogP contribution < -0.4 is 0 Å². The molecule has 0 fully saturated rings. The minimum atomic E-state index is 0.345. The van der Waals surface area contributed by atoms with Crippen LogP contribution >= 0.6 is 0 Å². The van der Waals surface area contributed by atoms with E-state index in [1.165, 1.54) is 0 Å². The maximum absolute atomic E-state index is 9.48. The van der Waals surface area contributed by atoms with Crippen LogP contribution in [0.25, 0.3) is 33.2 Å². The van der Waals surface area contributed by atoms with Gasteiger partial charge in [0.05, 0.1) is 11.3 Å². The van der Waals surface area contributed by atoms with Crippen molar-refractivity contribution in [1.82, 2.24) is 4.98 Å². The molecule has 3 heteroatoms. The number of pyridine rings is 1. The number of hydrogen-bond acceptors (Lipinski definition) is 3. The highest BCUT2D eigenvalue weighted by atomic mass is 16.3. The maximum atomic E-state index is 9.48. The number of benzene rings is 2. The summed E-state index contributed by atoms with van der Waals surface area (Å²) in [6.07, 6.45) is 1.78. The van der Waals surface area contributed by atoms with Crippen molar-refractivity contribution < 1.29 is 4.42 Å². The Morgan fingerprint density at radius 3 is 2.58 bits per heavy atom. The second-order valence-corrected chi connectivity index (χ2v) is 6.17. The Balaban J connectivity index is 2.19. The standard InChI is InChI=1S/C21H16N2O/c1-13(2)15-6-5-7-17-19-16(18-8-3-4-11-23-18)10-9-14(12-22)20(19)24-21(15)17/h3-11,13H,1-2H3. The number of rotatable bonds is 2. The van der Waals surface area contributed by atoms with Crippen molar-refractivity contribution in [3.63, 3.8) is 0 Å². The lowest BCUT2D eigenvalue weighted by atomic mass is 9.97. The van der Waals surface area contributed by atoms with Gasteiger partial charge in [-0.15, -0.1) is 0 Å². The third-order valence-electron chi connectivity index (χ3n) is 4.36. The second kappa shape index (κ2) is 5.50. The van der Waals surface area contributed by atoms with Gasteiger partial charge in [0.2, 0.25) is 0 Å². The van der Waals surface area contributed by atoms with Crippen molar-refractivity contribution in [3.8, 4) is 17.3 Å². The van der Waals surface area contributed by atoms with Crippen molar-refractivity contribution in [2.45, 2.75) is 19.8 Å². The van der Waals surface area contributed by atoms with Gasteiger partial charge in [0.15, 0.2) is 5.58 Å². The van der Waals surface area contributed by atoms with Gasteiger partial charge in [-0.2, -0.15) is 5.26 Å². The summed E-state index contributed by atoms with van der Waals surface area (Å²) in [5.41, 5.74) is 5.08. The molecule has 24 heavy (non-hydrogen) atoms. The van der Waals surface area contributed by atoms with Crippen LogP contribution in [0.1, 0.15) is 30.9 Å². The van der Waals surface area contributed by atoms with Gasteiger partial charge in [0.25, 0.3) is 0 Å². The quantitative estimate of drug-likeness (QED) is 0.481. The number of hydrogen-bond donors (Lipinski definition) is 0. The number of aromatic nitrogens is 1. The molecule has 0 saturated heterocycles. The molecule has 0 aliphatic carbocycles. The normalized spacial score (nSPS) is 11.2. The summed E-state index contributed by atoms with van der Waals surface area (Å²) in [5, 5.41) is 11.5. The van der Waals surface area contributed by atoms with Crippen LogP contribution in [0.2, 0.25) is 0 Å². The third kappa shape index (κ3) is 2.08. The first kappa shape index (κ1) is 14.5. The molecule has 2 heterocycles. The Labute approximate surface area is 140 Å². The molecule has 0 aliphatic rings. The Bertz CT molecular complexity index is 1090. The molecule has 2 aromatic heterocycles. The smallest absolute Gasteiger partial charge is 0.153 e. The zero-order chi connectivity index (χ0) is 16.7. The first-order valence-corrected chi connectivity index (χ1v) is 8.00. The predicted octanol–water partition coefficient (Wildman–Crippen LogP) is 5.64. The van der Waals surface area contributed by atoms with E-state index in [1.54, 1.807) is 6.20 Å². The number of para-hydroxylation sites is 1. The predicted molar refractivity (Wildman–Crippen MR) is 95.8 cm³/mol. The lowest BCUT2D eigenvalue weighted by molar-refractivity contribution is 0.656. The Morgan fingerprint density at radius 2 is 1.88 bits per heavy atom. The van der Waals surface area contributed by atoms with Crippen LogP contribution in [0.4, 0.5) is 0 Å². The van der Waals surface area contributed by atoms with E-state index in [-0.39, 0.29) is 0 Å². The minimum absolute atomic E-state index is 0.345. The summed E-state index contributed by atoms with van der Waals surface area (Å²) in [7, 11) is 0. The van der Waals surface area contributed by atoms with Crippen LogP contribution in [-0.2, 0) is 0 Å². The lowest BCUT2D eigenvalue weighted by Crippen LogP contribution is -1.87. The van der Waals surface area contributed by atoms with Gasteiger partial charge < -0.3 is 4.42 Å². The van der Waals surface area contributed by atoms with Crippen LogP contribution in [0, 0.1) is 11.3 Å². The summed E-state index contributed by atoms with van der Waals surface area (Å²) in [4.78, 5) is 4.47. The molecule has 0 aliphatic heterocycles. The summed E-state index contributed by atoms with van der Waals surface area (Å²) in [5.74, 6) is 0.345. The number of nitrogens with zero attached hydrogens (tertiary/aromatic N) is 2. The van der Waals surface area contributed by atoms with Gasteiger partial charge >= 0.3 is 0 Å². The minimum Gasteiger partial charge on any atom is -0.454 e. The summed E-state index contributed by atoms with van der Waals surface area (Å²) in [6.45, 7) is 4.29. The number of furan rings is 1. The first-order chi connectivity index (χ1) is 11.7. The summed E-state index contributed by atoms with van der Waals surface area (Å²) in [6, 6.07) is 18.0. The number of nitriles is 1. The van der Waals surface area contributed by atoms with Crippen LogP contribution in [0.3, 0.4) is 0 Å². The summed E-state index contributed by atoms with van der Waals surface area (Å²) < 4.78 is 6.18. The molecule has 0 spiro atoms. The zero-order valence-electron chi connectivity index (χ0n) is 13.6. The van der Waals surface area contributed by atoms with Gasteiger partial charge in [-0.05, 0) is 29.7 Å². The van der Waals surface area contributed by atoms with Crippen LogP contribution in [0.15, 0.2) is 59.1 Å². The van der Waals surface area contributed by atoms with E-state index in [0.717, 1.165) is 33.2 Å². The van der Waals surface area contributed by atoms with Gasteiger partial charge in [-0.3, -0.25) is 4.98 Å². The zero-order valence-corrected chi connectivity index (χ0v) is 13.6. The highest BCUT2D eigenvalue weighted by Gasteiger charge is 2.19. The molecule has 116 valence electrons. The molecular weight excluding hydrogens is 296 g/mol. The molecule has 0 saturated carbocycles. The molecule has 0 amide bonds. The Hall–Kier alpha value is -3.12. The molecule has 0 N–H and O–H groups in total. The van der Waals surface area contributed by atoms with Crippen LogP contribution in [-0.4, -0.2) is 4.98 Å². The monoisotopic (exact) mass is 312 g/mol. The molecule has 4 rings (SSSR count). The highest BCUT2D eigenvalue weighted by molar-refractivity contribution is 6.14. The fourth-order valence-electron chi connectivity index (χ4n) is 3.20. The molecule has 0 atom stereocenters. The molecule has 0 radical (unpaired) electrons. The average molecular weight is 312 g/mol. The number of fused-ring (bicyclic) bond motifs is 3. The van der Waals surface area contributed by atoms with Gasteiger partial charge in [-0.1, -0.05) is 44.2 Å². The van der Waals surface area contributed by atoms with Crippen molar-refractivity contribution in [2.24, 2.45) is 0 Å². The molecule has 2 aromatic carbocycles. The van der Waals surface area contributed by atoms with Crippen molar-refractivity contribution in [3.05, 3.63) is 65.9 Å². The molecule has 4 aromatic rings. The second-order valence-electron chi connectivity index (χ2n) is 6.17. The van der Waals surface area contributed by atoms with E-state index in [1.807, 2.05) is 36.4 Å². The Kier molecular flexibility index (Phi) is 3.32. The van der Waals surface area contributed by atoms with Gasteiger partial charge in [-0.25, -0.2) is 0 Å². The average Bonchev–Trinajstić information content (AvgIpc) is 3.01. The van der Waals surface area contributed by atoms with Crippen molar-refractivity contribution in [2.75, 3.05) is 0 Å². The largest absolute Gasteiger partial charge is 0.454 e. The highest BCUT2D eigenvalue weighted by Crippen LogP contribution is 2.40. The third-order valence-corrected chi connectivity index (χ3v) is 4.36. The first-order valence-electron chi connectivity index (χ1n) is 8.00. The van der Waals surface area contributed by atoms with E-state index < -0.39 is 0 Å². The van der Waals surface area contributed by atoms with E-state index >= 15 is 0 Å². The Morgan fingerprint density at radius 1 is 1.00 bits per heavy atom.